The van der Waals surface area contributed by atoms with Gasteiger partial charge < -0.3 is 5.11 Å². The number of ketones is 1. The van der Waals surface area contributed by atoms with Gasteiger partial charge in [-0.05, 0) is 32.2 Å². The summed E-state index contributed by atoms with van der Waals surface area (Å²) in [5.74, 6) is 2.09. The Morgan fingerprint density at radius 3 is 3.12 bits per heavy atom. The Kier molecular flexibility index (Phi) is 3.89. The second-order valence-electron chi connectivity index (χ2n) is 4.82. The lowest BCUT2D eigenvalue weighted by atomic mass is 9.80. The van der Waals surface area contributed by atoms with Crippen LogP contribution in [0.3, 0.4) is 0 Å². The highest BCUT2D eigenvalue weighted by Gasteiger charge is 2.39. The molecule has 1 unspecified atom stereocenters. The maximum atomic E-state index is 11.9. The first-order valence-electron chi connectivity index (χ1n) is 5.95. The Hall–Kier alpha value is -0.100. The molecule has 1 aliphatic heterocycles. The Labute approximate surface area is 101 Å². The van der Waals surface area contributed by atoms with E-state index in [9.17, 15) is 9.90 Å². The zero-order valence-corrected chi connectivity index (χ0v) is 10.3. The highest BCUT2D eigenvalue weighted by atomic mass is 32.2. The average Bonchev–Trinajstić information content (AvgIpc) is 2.73. The van der Waals surface area contributed by atoms with Crippen molar-refractivity contribution in [2.75, 3.05) is 24.7 Å². The number of aliphatic hydroxyl groups is 1. The Morgan fingerprint density at radius 1 is 1.62 bits per heavy atom. The minimum Gasteiger partial charge on any atom is -0.369 e. The van der Waals surface area contributed by atoms with Gasteiger partial charge in [-0.1, -0.05) is 0 Å². The molecule has 0 bridgehead atoms. The first-order valence-corrected chi connectivity index (χ1v) is 7.11. The molecular formula is C11H20N2O2S. The number of carbonyl (C=O) groups excluding carboxylic acids is 1. The minimum absolute atomic E-state index is 0.0330. The number of carbonyl (C=O) groups is 1. The van der Waals surface area contributed by atoms with E-state index in [0.29, 0.717) is 6.42 Å². The predicted molar refractivity (Wildman–Crippen MR) is 65.0 cm³/mol. The SMILES string of the molecule is N[C@]1(O)CCCC(CCN2CCSC2)C1=O. The van der Waals surface area contributed by atoms with Crippen molar-refractivity contribution in [2.45, 2.75) is 31.4 Å². The van der Waals surface area contributed by atoms with E-state index in [1.807, 2.05) is 11.8 Å². The van der Waals surface area contributed by atoms with Crippen LogP contribution < -0.4 is 5.73 Å². The van der Waals surface area contributed by atoms with Crippen molar-refractivity contribution in [2.24, 2.45) is 11.7 Å². The predicted octanol–water partition coefficient (Wildman–Crippen LogP) is 0.399. The summed E-state index contributed by atoms with van der Waals surface area (Å²) >= 11 is 1.94. The molecule has 0 radical (unpaired) electrons. The van der Waals surface area contributed by atoms with Crippen molar-refractivity contribution < 1.29 is 9.90 Å². The summed E-state index contributed by atoms with van der Waals surface area (Å²) in [6.45, 7) is 2.08. The topological polar surface area (TPSA) is 66.6 Å². The standard InChI is InChI=1S/C11H20N2O2S/c12-11(15)4-1-2-9(10(11)14)3-5-13-6-7-16-8-13/h9,15H,1-8,12H2/t9?,11-/m0/s1. The number of hydrogen-bond donors (Lipinski definition) is 2. The van der Waals surface area contributed by atoms with Crippen molar-refractivity contribution in [1.29, 1.82) is 0 Å². The number of Topliss-reactive ketones (excluding diaryl/α,β-unsaturated/α-hetero) is 1. The fraction of sp³-hybridized carbons (Fsp3) is 0.909. The van der Waals surface area contributed by atoms with Crippen LogP contribution in [0.25, 0.3) is 0 Å². The van der Waals surface area contributed by atoms with Gasteiger partial charge in [-0.15, -0.1) is 11.8 Å². The van der Waals surface area contributed by atoms with E-state index in [-0.39, 0.29) is 11.7 Å². The van der Waals surface area contributed by atoms with Crippen LogP contribution in [-0.4, -0.2) is 46.2 Å². The fourth-order valence-corrected chi connectivity index (χ4v) is 3.50. The van der Waals surface area contributed by atoms with Crippen molar-refractivity contribution in [3.05, 3.63) is 0 Å². The molecule has 0 aromatic heterocycles. The molecular weight excluding hydrogens is 224 g/mol. The molecule has 92 valence electrons. The van der Waals surface area contributed by atoms with E-state index in [0.717, 1.165) is 38.2 Å². The highest BCUT2D eigenvalue weighted by molar-refractivity contribution is 7.99. The fourth-order valence-electron chi connectivity index (χ4n) is 2.47. The monoisotopic (exact) mass is 244 g/mol. The third-order valence-corrected chi connectivity index (χ3v) is 4.55. The van der Waals surface area contributed by atoms with Crippen molar-refractivity contribution in [3.63, 3.8) is 0 Å². The van der Waals surface area contributed by atoms with Gasteiger partial charge in [0.1, 0.15) is 0 Å². The number of nitrogens with two attached hydrogens (primary N) is 1. The maximum absolute atomic E-state index is 11.9. The summed E-state index contributed by atoms with van der Waals surface area (Å²) in [7, 11) is 0. The molecule has 0 aromatic carbocycles. The molecule has 1 heterocycles. The summed E-state index contributed by atoms with van der Waals surface area (Å²) in [6.07, 6.45) is 3.01. The van der Waals surface area contributed by atoms with Crippen LogP contribution in [0, 0.1) is 5.92 Å². The number of thioether (sulfide) groups is 1. The summed E-state index contributed by atoms with van der Waals surface area (Å²) in [5, 5.41) is 9.72. The van der Waals surface area contributed by atoms with Gasteiger partial charge in [-0.25, -0.2) is 0 Å². The van der Waals surface area contributed by atoms with Crippen LogP contribution in [0.2, 0.25) is 0 Å². The van der Waals surface area contributed by atoms with Gasteiger partial charge >= 0.3 is 0 Å². The van der Waals surface area contributed by atoms with Crippen LogP contribution in [0.4, 0.5) is 0 Å². The molecule has 1 saturated carbocycles. The molecule has 2 fully saturated rings. The van der Waals surface area contributed by atoms with Crippen molar-refractivity contribution >= 4 is 17.5 Å². The normalized spacial score (nSPS) is 36.9. The molecule has 2 aliphatic rings. The summed E-state index contributed by atoms with van der Waals surface area (Å²) in [6, 6.07) is 0. The lowest BCUT2D eigenvalue weighted by Crippen LogP contribution is -2.53. The first-order chi connectivity index (χ1) is 7.59. The first kappa shape index (κ1) is 12.4. The Balaban J connectivity index is 1.82. The van der Waals surface area contributed by atoms with Gasteiger partial charge in [0.05, 0.1) is 0 Å². The van der Waals surface area contributed by atoms with E-state index in [1.165, 1.54) is 5.75 Å². The third-order valence-electron chi connectivity index (χ3n) is 3.53. The van der Waals surface area contributed by atoms with Crippen LogP contribution in [0.15, 0.2) is 0 Å². The molecule has 0 aromatic rings. The molecule has 3 N–H and O–H groups in total. The van der Waals surface area contributed by atoms with E-state index >= 15 is 0 Å². The van der Waals surface area contributed by atoms with Crippen LogP contribution in [0.1, 0.15) is 25.7 Å². The van der Waals surface area contributed by atoms with Gasteiger partial charge in [-0.3, -0.25) is 15.4 Å². The molecule has 1 saturated heterocycles. The average molecular weight is 244 g/mol. The van der Waals surface area contributed by atoms with Gasteiger partial charge in [0, 0.05) is 24.1 Å². The maximum Gasteiger partial charge on any atom is 0.182 e. The van der Waals surface area contributed by atoms with E-state index in [1.54, 1.807) is 0 Å². The largest absolute Gasteiger partial charge is 0.369 e. The van der Waals surface area contributed by atoms with Gasteiger partial charge in [0.2, 0.25) is 0 Å². The quantitative estimate of drug-likeness (QED) is 0.703. The zero-order chi connectivity index (χ0) is 11.6. The minimum atomic E-state index is -1.55. The molecule has 2 atom stereocenters. The van der Waals surface area contributed by atoms with E-state index < -0.39 is 5.72 Å². The van der Waals surface area contributed by atoms with Gasteiger partial charge in [-0.2, -0.15) is 0 Å². The Bertz CT molecular complexity index is 265. The molecule has 0 amide bonds. The van der Waals surface area contributed by atoms with Crippen LogP contribution in [-0.2, 0) is 4.79 Å². The molecule has 16 heavy (non-hydrogen) atoms. The Morgan fingerprint density at radius 2 is 2.44 bits per heavy atom. The molecule has 0 spiro atoms. The number of nitrogens with zero attached hydrogens (tertiary/aromatic N) is 1. The summed E-state index contributed by atoms with van der Waals surface area (Å²) in [5.41, 5.74) is 4.03. The summed E-state index contributed by atoms with van der Waals surface area (Å²) in [4.78, 5) is 14.2. The lowest BCUT2D eigenvalue weighted by Gasteiger charge is -2.32. The van der Waals surface area contributed by atoms with Crippen LogP contribution in [0.5, 0.6) is 0 Å². The molecule has 5 heteroatoms. The molecule has 4 nitrogen and oxygen atoms in total. The van der Waals surface area contributed by atoms with Crippen molar-refractivity contribution in [3.8, 4) is 0 Å². The second kappa shape index (κ2) is 5.04. The van der Waals surface area contributed by atoms with Crippen molar-refractivity contribution in [1.82, 2.24) is 4.90 Å². The van der Waals surface area contributed by atoms with Gasteiger partial charge in [0.25, 0.3) is 0 Å². The van der Waals surface area contributed by atoms with E-state index in [4.69, 9.17) is 5.73 Å². The van der Waals surface area contributed by atoms with Crippen LogP contribution >= 0.6 is 11.8 Å². The molecule has 2 rings (SSSR count). The van der Waals surface area contributed by atoms with E-state index in [2.05, 4.69) is 4.90 Å². The third kappa shape index (κ3) is 2.77. The van der Waals surface area contributed by atoms with Gasteiger partial charge in [0.15, 0.2) is 11.5 Å². The second-order valence-corrected chi connectivity index (χ2v) is 5.90. The number of hydrogen-bond acceptors (Lipinski definition) is 5. The number of rotatable bonds is 3. The summed E-state index contributed by atoms with van der Waals surface area (Å²) < 4.78 is 0. The smallest absolute Gasteiger partial charge is 0.182 e. The zero-order valence-electron chi connectivity index (χ0n) is 9.52. The molecule has 1 aliphatic carbocycles. The lowest BCUT2D eigenvalue weighted by molar-refractivity contribution is -0.146. The highest BCUT2D eigenvalue weighted by Crippen LogP contribution is 2.28.